The van der Waals surface area contributed by atoms with E-state index in [2.05, 4.69) is 22.0 Å². The van der Waals surface area contributed by atoms with Gasteiger partial charge in [-0.3, -0.25) is 14.5 Å². The molecule has 0 atom stereocenters. The number of carbonyl (C=O) groups is 2. The van der Waals surface area contributed by atoms with E-state index >= 15 is 0 Å². The van der Waals surface area contributed by atoms with E-state index in [4.69, 9.17) is 0 Å². The Hall–Kier alpha value is -3.18. The van der Waals surface area contributed by atoms with Crippen LogP contribution in [0.2, 0.25) is 0 Å². The molecule has 0 aliphatic carbocycles. The van der Waals surface area contributed by atoms with Crippen molar-refractivity contribution >= 4 is 11.7 Å². The summed E-state index contributed by atoms with van der Waals surface area (Å²) in [5, 5.41) is 2.62. The minimum Gasteiger partial charge on any atom is -0.355 e. The third-order valence-electron chi connectivity index (χ3n) is 5.37. The summed E-state index contributed by atoms with van der Waals surface area (Å²) in [5.74, 6) is 0.0165. The van der Waals surface area contributed by atoms with E-state index in [0.717, 1.165) is 29.1 Å². The van der Waals surface area contributed by atoms with Crippen LogP contribution in [-0.4, -0.2) is 41.8 Å². The molecule has 156 valence electrons. The zero-order valence-corrected chi connectivity index (χ0v) is 18.1. The number of likely N-dealkylation sites (N-methyl/N-ethyl adjacent to an activating group) is 1. The minimum absolute atomic E-state index is 0.101. The lowest BCUT2D eigenvalue weighted by Gasteiger charge is -2.16. The third kappa shape index (κ3) is 5.05. The topological polar surface area (TPSA) is 54.3 Å². The van der Waals surface area contributed by atoms with E-state index in [1.807, 2.05) is 62.2 Å². The van der Waals surface area contributed by atoms with Gasteiger partial charge in [-0.2, -0.15) is 0 Å². The average molecular weight is 404 g/mol. The largest absolute Gasteiger partial charge is 0.355 e. The number of nitrogens with zero attached hydrogens (tertiary/aromatic N) is 2. The number of hydrogen-bond donors (Lipinski definition) is 1. The number of aryl methyl sites for hydroxylation is 1. The Balaban J connectivity index is 1.65. The molecule has 1 N–H and O–H groups in total. The van der Waals surface area contributed by atoms with Crippen LogP contribution in [0.1, 0.15) is 43.2 Å². The molecule has 0 aliphatic heterocycles. The molecule has 0 unspecified atom stereocenters. The molecular weight excluding hydrogens is 374 g/mol. The summed E-state index contributed by atoms with van der Waals surface area (Å²) in [4.78, 5) is 26.6. The monoisotopic (exact) mass is 403 g/mol. The normalized spacial score (nSPS) is 11.0. The lowest BCUT2D eigenvalue weighted by molar-refractivity contribution is 0.0940. The third-order valence-corrected chi connectivity index (χ3v) is 5.37. The molecule has 1 aromatic heterocycles. The molecule has 1 amide bonds. The van der Waals surface area contributed by atoms with E-state index in [-0.39, 0.29) is 11.7 Å². The molecule has 1 heterocycles. The van der Waals surface area contributed by atoms with Gasteiger partial charge < -0.3 is 9.88 Å². The van der Waals surface area contributed by atoms with Gasteiger partial charge in [0.25, 0.3) is 5.91 Å². The molecule has 0 fully saturated rings. The minimum atomic E-state index is -0.101. The van der Waals surface area contributed by atoms with Crippen LogP contribution in [0.4, 0.5) is 0 Å². The van der Waals surface area contributed by atoms with Gasteiger partial charge >= 0.3 is 0 Å². The van der Waals surface area contributed by atoms with Gasteiger partial charge in [0.05, 0.1) is 6.54 Å². The molecule has 2 aromatic carbocycles. The fourth-order valence-corrected chi connectivity index (χ4v) is 3.70. The van der Waals surface area contributed by atoms with Gasteiger partial charge in [0.1, 0.15) is 0 Å². The van der Waals surface area contributed by atoms with Crippen LogP contribution in [0.25, 0.3) is 0 Å². The number of amides is 1. The number of rotatable bonds is 8. The van der Waals surface area contributed by atoms with Gasteiger partial charge in [0, 0.05) is 42.7 Å². The standard InChI is InChI=1S/C25H29N3O2/c1-18-14-23(19(2)28(18)16-20-8-6-5-7-9-20)24(29)17-27(4)15-21-10-12-22(13-11-21)25(30)26-3/h5-14H,15-17H2,1-4H3,(H,26,30). The van der Waals surface area contributed by atoms with Crippen molar-refractivity contribution in [2.45, 2.75) is 26.9 Å². The summed E-state index contributed by atoms with van der Waals surface area (Å²) in [5.41, 5.74) is 5.79. The summed E-state index contributed by atoms with van der Waals surface area (Å²) >= 11 is 0. The van der Waals surface area contributed by atoms with E-state index in [1.54, 1.807) is 19.2 Å². The maximum absolute atomic E-state index is 13.0. The Bertz CT molecular complexity index is 1020. The Labute approximate surface area is 178 Å². The molecule has 30 heavy (non-hydrogen) atoms. The second-order valence-electron chi connectivity index (χ2n) is 7.73. The highest BCUT2D eigenvalue weighted by Crippen LogP contribution is 2.18. The van der Waals surface area contributed by atoms with Gasteiger partial charge in [-0.05, 0) is 50.2 Å². The van der Waals surface area contributed by atoms with Crippen molar-refractivity contribution in [3.63, 3.8) is 0 Å². The lowest BCUT2D eigenvalue weighted by Crippen LogP contribution is -2.26. The van der Waals surface area contributed by atoms with Crippen LogP contribution in [0.15, 0.2) is 60.7 Å². The van der Waals surface area contributed by atoms with Gasteiger partial charge in [0.15, 0.2) is 5.78 Å². The highest BCUT2D eigenvalue weighted by molar-refractivity contribution is 5.99. The van der Waals surface area contributed by atoms with Crippen LogP contribution in [0.5, 0.6) is 0 Å². The lowest BCUT2D eigenvalue weighted by atomic mass is 10.1. The van der Waals surface area contributed by atoms with Crippen LogP contribution < -0.4 is 5.32 Å². The molecule has 5 heteroatoms. The Morgan fingerprint density at radius 1 is 0.967 bits per heavy atom. The molecule has 0 aliphatic rings. The van der Waals surface area contributed by atoms with Crippen molar-refractivity contribution in [3.8, 4) is 0 Å². The molecule has 0 spiro atoms. The Kier molecular flexibility index (Phi) is 6.85. The number of ketones is 1. The zero-order valence-electron chi connectivity index (χ0n) is 18.1. The van der Waals surface area contributed by atoms with Gasteiger partial charge in [0.2, 0.25) is 0 Å². The van der Waals surface area contributed by atoms with E-state index < -0.39 is 0 Å². The maximum Gasteiger partial charge on any atom is 0.251 e. The number of carbonyl (C=O) groups excluding carboxylic acids is 2. The predicted octanol–water partition coefficient (Wildman–Crippen LogP) is 3.83. The summed E-state index contributed by atoms with van der Waals surface area (Å²) in [6.45, 7) is 5.81. The summed E-state index contributed by atoms with van der Waals surface area (Å²) in [6, 6.07) is 19.7. The molecule has 5 nitrogen and oxygen atoms in total. The van der Waals surface area contributed by atoms with Crippen molar-refractivity contribution < 1.29 is 9.59 Å². The van der Waals surface area contributed by atoms with Gasteiger partial charge in [-0.25, -0.2) is 0 Å². The molecule has 0 saturated heterocycles. The smallest absolute Gasteiger partial charge is 0.251 e. The molecule has 0 saturated carbocycles. The highest BCUT2D eigenvalue weighted by Gasteiger charge is 2.17. The molecule has 3 aromatic rings. The summed E-state index contributed by atoms with van der Waals surface area (Å²) in [6.07, 6.45) is 0. The van der Waals surface area contributed by atoms with E-state index in [0.29, 0.717) is 18.7 Å². The summed E-state index contributed by atoms with van der Waals surface area (Å²) in [7, 11) is 3.56. The Morgan fingerprint density at radius 2 is 1.63 bits per heavy atom. The number of nitrogens with one attached hydrogen (secondary N) is 1. The average Bonchev–Trinajstić information content (AvgIpc) is 3.02. The fourth-order valence-electron chi connectivity index (χ4n) is 3.70. The zero-order chi connectivity index (χ0) is 21.7. The van der Waals surface area contributed by atoms with Crippen LogP contribution in [-0.2, 0) is 13.1 Å². The first-order chi connectivity index (χ1) is 14.4. The van der Waals surface area contributed by atoms with Gasteiger partial charge in [-0.1, -0.05) is 42.5 Å². The Morgan fingerprint density at radius 3 is 2.27 bits per heavy atom. The van der Waals surface area contributed by atoms with Crippen molar-refractivity contribution in [3.05, 3.63) is 94.3 Å². The first-order valence-corrected chi connectivity index (χ1v) is 10.1. The number of Topliss-reactive ketones (excluding diaryl/α,β-unsaturated/α-hetero) is 1. The summed E-state index contributed by atoms with van der Waals surface area (Å²) < 4.78 is 2.19. The van der Waals surface area contributed by atoms with Crippen LogP contribution >= 0.6 is 0 Å². The van der Waals surface area contributed by atoms with Crippen LogP contribution in [0.3, 0.4) is 0 Å². The SMILES string of the molecule is CNC(=O)c1ccc(CN(C)CC(=O)c2cc(C)n(Cc3ccccc3)c2C)cc1. The maximum atomic E-state index is 13.0. The van der Waals surface area contributed by atoms with Crippen molar-refractivity contribution in [2.24, 2.45) is 0 Å². The molecule has 0 radical (unpaired) electrons. The molecule has 3 rings (SSSR count). The molecular formula is C25H29N3O2. The fraction of sp³-hybridized carbons (Fsp3) is 0.280. The van der Waals surface area contributed by atoms with E-state index in [1.165, 1.54) is 5.56 Å². The quantitative estimate of drug-likeness (QED) is 0.582. The highest BCUT2D eigenvalue weighted by atomic mass is 16.1. The van der Waals surface area contributed by atoms with Crippen molar-refractivity contribution in [1.82, 2.24) is 14.8 Å². The van der Waals surface area contributed by atoms with Crippen molar-refractivity contribution in [2.75, 3.05) is 20.6 Å². The van der Waals surface area contributed by atoms with Gasteiger partial charge in [-0.15, -0.1) is 0 Å². The second-order valence-corrected chi connectivity index (χ2v) is 7.73. The number of benzene rings is 2. The molecule has 0 bridgehead atoms. The first-order valence-electron chi connectivity index (χ1n) is 10.1. The number of aromatic nitrogens is 1. The predicted molar refractivity (Wildman–Crippen MR) is 120 cm³/mol. The number of hydrogen-bond acceptors (Lipinski definition) is 3. The first kappa shape index (κ1) is 21.5. The second kappa shape index (κ2) is 9.55. The van der Waals surface area contributed by atoms with E-state index in [9.17, 15) is 9.59 Å². The van der Waals surface area contributed by atoms with Crippen LogP contribution in [0, 0.1) is 13.8 Å². The van der Waals surface area contributed by atoms with Crippen molar-refractivity contribution in [1.29, 1.82) is 0 Å².